The molecule has 1 heterocycles. The maximum Gasteiger partial charge on any atom is 0.340 e. The Morgan fingerprint density at radius 2 is 1.95 bits per heavy atom. The molecule has 0 radical (unpaired) electrons. The number of halogens is 3. The van der Waals surface area contributed by atoms with E-state index in [1.54, 1.807) is 18.2 Å². The van der Waals surface area contributed by atoms with Crippen LogP contribution in [0.25, 0.3) is 0 Å². The Morgan fingerprint density at radius 3 is 2.60 bits per heavy atom. The lowest BCUT2D eigenvalue weighted by atomic mass is 10.2. The molecule has 2 rings (SSSR count). The van der Waals surface area contributed by atoms with E-state index in [4.69, 9.17) is 27.9 Å². The number of ether oxygens (including phenoxy) is 1. The number of hydrogen-bond donors (Lipinski definition) is 0. The Hall–Kier alpha value is -0.880. The van der Waals surface area contributed by atoms with E-state index >= 15 is 0 Å². The van der Waals surface area contributed by atoms with Crippen LogP contribution in [0.2, 0.25) is 10.0 Å². The number of ketones is 1. The summed E-state index contributed by atoms with van der Waals surface area (Å²) in [5, 5.41) is 0.598. The Morgan fingerprint density at radius 1 is 1.20 bits per heavy atom. The minimum atomic E-state index is -0.679. The number of rotatable bonds is 4. The Kier molecular flexibility index (Phi) is 5.21. The van der Waals surface area contributed by atoms with Crippen molar-refractivity contribution >= 4 is 62.2 Å². The van der Waals surface area contributed by atoms with Crippen molar-refractivity contribution in [2.24, 2.45) is 0 Å². The van der Waals surface area contributed by atoms with Crippen LogP contribution in [0.15, 0.2) is 34.1 Å². The summed E-state index contributed by atoms with van der Waals surface area (Å²) in [7, 11) is 0. The SMILES string of the molecule is O=C(COC(=O)c1cc(Cl)ccc1Cl)c1ccc(Br)s1. The minimum Gasteiger partial charge on any atom is -0.454 e. The van der Waals surface area contributed by atoms with Gasteiger partial charge in [0.1, 0.15) is 0 Å². The van der Waals surface area contributed by atoms with Gasteiger partial charge in [0.05, 0.1) is 19.2 Å². The number of hydrogen-bond acceptors (Lipinski definition) is 4. The lowest BCUT2D eigenvalue weighted by Crippen LogP contribution is -2.13. The van der Waals surface area contributed by atoms with Crippen molar-refractivity contribution in [3.05, 3.63) is 54.6 Å². The third-order valence-electron chi connectivity index (χ3n) is 2.33. The molecule has 0 atom stereocenters. The zero-order valence-corrected chi connectivity index (χ0v) is 13.8. The van der Waals surface area contributed by atoms with E-state index in [1.807, 2.05) is 0 Å². The Balaban J connectivity index is 2.02. The van der Waals surface area contributed by atoms with Crippen molar-refractivity contribution in [1.29, 1.82) is 0 Å². The van der Waals surface area contributed by atoms with Gasteiger partial charge in [-0.25, -0.2) is 4.79 Å². The normalized spacial score (nSPS) is 10.3. The van der Waals surface area contributed by atoms with Gasteiger partial charge in [-0.05, 0) is 46.3 Å². The molecule has 0 unspecified atom stereocenters. The summed E-state index contributed by atoms with van der Waals surface area (Å²) in [6.45, 7) is -0.339. The van der Waals surface area contributed by atoms with E-state index in [9.17, 15) is 9.59 Å². The van der Waals surface area contributed by atoms with Crippen molar-refractivity contribution in [3.63, 3.8) is 0 Å². The quantitative estimate of drug-likeness (QED) is 0.550. The molecule has 0 aliphatic heterocycles. The molecular weight excluding hydrogens is 387 g/mol. The molecular formula is C13H7BrCl2O3S. The van der Waals surface area contributed by atoms with Crippen molar-refractivity contribution in [3.8, 4) is 0 Å². The highest BCUT2D eigenvalue weighted by molar-refractivity contribution is 9.11. The van der Waals surface area contributed by atoms with E-state index in [2.05, 4.69) is 15.9 Å². The highest BCUT2D eigenvalue weighted by Crippen LogP contribution is 2.23. The van der Waals surface area contributed by atoms with Crippen molar-refractivity contribution in [1.82, 2.24) is 0 Å². The molecule has 1 aromatic heterocycles. The first-order valence-corrected chi connectivity index (χ1v) is 7.74. The van der Waals surface area contributed by atoms with E-state index in [0.29, 0.717) is 9.90 Å². The molecule has 7 heteroatoms. The molecule has 0 aliphatic carbocycles. The summed E-state index contributed by atoms with van der Waals surface area (Å²) >= 11 is 16.2. The summed E-state index contributed by atoms with van der Waals surface area (Å²) in [6.07, 6.45) is 0. The fourth-order valence-electron chi connectivity index (χ4n) is 1.40. The second-order valence-electron chi connectivity index (χ2n) is 3.73. The van der Waals surface area contributed by atoms with Gasteiger partial charge in [0.2, 0.25) is 5.78 Å². The molecule has 2 aromatic rings. The molecule has 0 amide bonds. The molecule has 0 saturated carbocycles. The van der Waals surface area contributed by atoms with E-state index in [-0.39, 0.29) is 23.0 Å². The second kappa shape index (κ2) is 6.72. The van der Waals surface area contributed by atoms with Gasteiger partial charge < -0.3 is 4.74 Å². The number of carbonyl (C=O) groups excluding carboxylic acids is 2. The largest absolute Gasteiger partial charge is 0.454 e. The summed E-state index contributed by atoms with van der Waals surface area (Å²) in [5.74, 6) is -0.950. The van der Waals surface area contributed by atoms with Gasteiger partial charge in [0.25, 0.3) is 0 Å². The third kappa shape index (κ3) is 3.82. The van der Waals surface area contributed by atoms with E-state index in [1.165, 1.54) is 23.5 Å². The first kappa shape index (κ1) is 15.5. The average Bonchev–Trinajstić information content (AvgIpc) is 2.85. The van der Waals surface area contributed by atoms with Gasteiger partial charge in [0.15, 0.2) is 6.61 Å². The van der Waals surface area contributed by atoms with Crippen LogP contribution in [-0.2, 0) is 4.74 Å². The molecule has 20 heavy (non-hydrogen) atoms. The molecule has 1 aromatic carbocycles. The van der Waals surface area contributed by atoms with Crippen molar-refractivity contribution < 1.29 is 14.3 Å². The Labute approximate surface area is 137 Å². The molecule has 104 valence electrons. The van der Waals surface area contributed by atoms with Gasteiger partial charge in [-0.3, -0.25) is 4.79 Å². The standard InChI is InChI=1S/C13H7BrCl2O3S/c14-12-4-3-11(20-12)10(17)6-19-13(18)8-5-7(15)1-2-9(8)16/h1-5H,6H2. The van der Waals surface area contributed by atoms with Crippen LogP contribution in [0.4, 0.5) is 0 Å². The van der Waals surface area contributed by atoms with Crippen molar-refractivity contribution in [2.75, 3.05) is 6.61 Å². The average molecular weight is 394 g/mol. The van der Waals surface area contributed by atoms with Gasteiger partial charge in [-0.2, -0.15) is 0 Å². The van der Waals surface area contributed by atoms with Crippen LogP contribution in [0.5, 0.6) is 0 Å². The molecule has 0 bridgehead atoms. The third-order valence-corrected chi connectivity index (χ3v) is 4.56. The maximum absolute atomic E-state index is 11.8. The van der Waals surface area contributed by atoms with Gasteiger partial charge in [0, 0.05) is 5.02 Å². The predicted molar refractivity (Wildman–Crippen MR) is 83.1 cm³/mol. The number of esters is 1. The first-order valence-electron chi connectivity index (χ1n) is 5.38. The number of carbonyl (C=O) groups is 2. The number of Topliss-reactive ketones (excluding diaryl/α,β-unsaturated/α-hetero) is 1. The van der Waals surface area contributed by atoms with Crippen LogP contribution >= 0.6 is 50.5 Å². The zero-order valence-electron chi connectivity index (χ0n) is 9.86. The van der Waals surface area contributed by atoms with Crippen molar-refractivity contribution in [2.45, 2.75) is 0 Å². The number of thiophene rings is 1. The van der Waals surface area contributed by atoms with Gasteiger partial charge in [-0.1, -0.05) is 23.2 Å². The molecule has 0 N–H and O–H groups in total. The predicted octanol–water partition coefficient (Wildman–Crippen LogP) is 4.86. The fraction of sp³-hybridized carbons (Fsp3) is 0.0769. The monoisotopic (exact) mass is 392 g/mol. The molecule has 0 spiro atoms. The van der Waals surface area contributed by atoms with Gasteiger partial charge >= 0.3 is 5.97 Å². The molecule has 3 nitrogen and oxygen atoms in total. The maximum atomic E-state index is 11.8. The van der Waals surface area contributed by atoms with E-state index in [0.717, 1.165) is 3.79 Å². The number of benzene rings is 1. The summed E-state index contributed by atoms with van der Waals surface area (Å²) in [5.41, 5.74) is 0.138. The fourth-order valence-corrected chi connectivity index (χ4v) is 3.08. The van der Waals surface area contributed by atoms with E-state index < -0.39 is 5.97 Å². The topological polar surface area (TPSA) is 43.4 Å². The Bertz CT molecular complexity index is 669. The highest BCUT2D eigenvalue weighted by atomic mass is 79.9. The molecule has 0 saturated heterocycles. The van der Waals surface area contributed by atoms with Crippen LogP contribution in [-0.4, -0.2) is 18.4 Å². The summed E-state index contributed by atoms with van der Waals surface area (Å²) in [6, 6.07) is 7.89. The first-order chi connectivity index (χ1) is 9.47. The van der Waals surface area contributed by atoms with Gasteiger partial charge in [-0.15, -0.1) is 11.3 Å². The summed E-state index contributed by atoms with van der Waals surface area (Å²) in [4.78, 5) is 24.1. The highest BCUT2D eigenvalue weighted by Gasteiger charge is 2.16. The molecule has 0 aliphatic rings. The van der Waals surface area contributed by atoms with Crippen LogP contribution in [0.3, 0.4) is 0 Å². The van der Waals surface area contributed by atoms with Crippen LogP contribution in [0, 0.1) is 0 Å². The molecule has 0 fully saturated rings. The van der Waals surface area contributed by atoms with Crippen LogP contribution < -0.4 is 0 Å². The zero-order chi connectivity index (χ0) is 14.7. The lowest BCUT2D eigenvalue weighted by molar-refractivity contribution is 0.0476. The van der Waals surface area contributed by atoms with Crippen LogP contribution in [0.1, 0.15) is 20.0 Å². The summed E-state index contributed by atoms with van der Waals surface area (Å²) < 4.78 is 5.79. The second-order valence-corrected chi connectivity index (χ2v) is 7.03. The smallest absolute Gasteiger partial charge is 0.340 e. The minimum absolute atomic E-state index is 0.138. The lowest BCUT2D eigenvalue weighted by Gasteiger charge is -2.05.